The van der Waals surface area contributed by atoms with Gasteiger partial charge in [0.05, 0.1) is 5.54 Å². The van der Waals surface area contributed by atoms with Crippen LogP contribution in [0, 0.1) is 5.92 Å². The van der Waals surface area contributed by atoms with E-state index in [0.29, 0.717) is 0 Å². The van der Waals surface area contributed by atoms with E-state index in [2.05, 4.69) is 29.4 Å². The molecule has 2 N–H and O–H groups in total. The molecule has 3 rings (SSSR count). The van der Waals surface area contributed by atoms with Gasteiger partial charge in [-0.1, -0.05) is 17.7 Å². The van der Waals surface area contributed by atoms with Crippen molar-refractivity contribution in [3.05, 3.63) is 57.0 Å². The first-order valence-electron chi connectivity index (χ1n) is 6.88. The third-order valence-electron chi connectivity index (χ3n) is 4.42. The van der Waals surface area contributed by atoms with Gasteiger partial charge in [-0.25, -0.2) is 0 Å². The van der Waals surface area contributed by atoms with Crippen LogP contribution in [-0.2, 0) is 16.8 Å². The summed E-state index contributed by atoms with van der Waals surface area (Å²) in [5, 5.41) is 3.02. The van der Waals surface area contributed by atoms with Crippen LogP contribution in [0.2, 0.25) is 0 Å². The summed E-state index contributed by atoms with van der Waals surface area (Å²) in [4.78, 5) is 25.7. The number of rotatable bonds is 2. The molecule has 1 aromatic heterocycles. The van der Waals surface area contributed by atoms with E-state index in [9.17, 15) is 9.59 Å². The number of hydrogen-bond donors (Lipinski definition) is 2. The lowest BCUT2D eigenvalue weighted by atomic mass is 9.63. The number of carbonyl (C=O) groups is 1. The molecule has 104 valence electrons. The Bertz CT molecular complexity index is 684. The third-order valence-corrected chi connectivity index (χ3v) is 4.42. The maximum absolute atomic E-state index is 11.6. The maximum atomic E-state index is 11.6. The number of carbonyl (C=O) groups excluding carboxylic acids is 1. The molecule has 1 aromatic rings. The summed E-state index contributed by atoms with van der Waals surface area (Å²) in [6.07, 6.45) is 6.64. The number of hydrogen-bond acceptors (Lipinski definition) is 2. The molecule has 2 atom stereocenters. The number of aromatic amines is 1. The minimum atomic E-state index is -0.502. The summed E-state index contributed by atoms with van der Waals surface area (Å²) < 4.78 is 0. The molecule has 4 heteroatoms. The normalized spacial score (nSPS) is 29.6. The zero-order valence-corrected chi connectivity index (χ0v) is 11.7. The molecule has 0 aromatic carbocycles. The lowest BCUT2D eigenvalue weighted by molar-refractivity contribution is -0.111. The molecular weight excluding hydrogens is 252 g/mol. The monoisotopic (exact) mass is 270 g/mol. The average molecular weight is 270 g/mol. The van der Waals surface area contributed by atoms with Crippen LogP contribution in [0.1, 0.15) is 31.5 Å². The number of amides is 1. The van der Waals surface area contributed by atoms with Crippen molar-refractivity contribution in [1.29, 1.82) is 0 Å². The standard InChI is InChI=1S/C16H18N2O2/c1-3-12-11-6-10(2)8-16(12,17-9-19)13-4-5-15(20)18-14(13)7-11/h3-6,9,11H,7-8H2,1-2H3,(H,17,19)(H,18,20)/b12-3+/t11-,16+/m0/s1. The molecule has 0 unspecified atom stereocenters. The van der Waals surface area contributed by atoms with Crippen LogP contribution in [0.4, 0.5) is 0 Å². The number of pyridine rings is 1. The van der Waals surface area contributed by atoms with Gasteiger partial charge in [0, 0.05) is 23.2 Å². The molecule has 0 radical (unpaired) electrons. The second-order valence-corrected chi connectivity index (χ2v) is 5.63. The van der Waals surface area contributed by atoms with E-state index in [4.69, 9.17) is 0 Å². The van der Waals surface area contributed by atoms with Gasteiger partial charge < -0.3 is 10.3 Å². The first-order chi connectivity index (χ1) is 9.60. The molecule has 2 bridgehead atoms. The maximum Gasteiger partial charge on any atom is 0.248 e. The lowest BCUT2D eigenvalue weighted by Gasteiger charge is -2.47. The minimum absolute atomic E-state index is 0.0901. The predicted molar refractivity (Wildman–Crippen MR) is 77.3 cm³/mol. The number of allylic oxidation sites excluding steroid dienone is 2. The zero-order chi connectivity index (χ0) is 14.3. The van der Waals surface area contributed by atoms with Gasteiger partial charge in [0.2, 0.25) is 12.0 Å². The van der Waals surface area contributed by atoms with Gasteiger partial charge in [0.15, 0.2) is 0 Å². The summed E-state index contributed by atoms with van der Waals surface area (Å²) in [7, 11) is 0. The minimum Gasteiger partial charge on any atom is -0.345 e. The molecule has 0 spiro atoms. The molecule has 2 aliphatic carbocycles. The first kappa shape index (κ1) is 12.9. The van der Waals surface area contributed by atoms with Gasteiger partial charge >= 0.3 is 0 Å². The van der Waals surface area contributed by atoms with Crippen molar-refractivity contribution >= 4 is 6.41 Å². The molecule has 2 aliphatic rings. The fourth-order valence-corrected chi connectivity index (χ4v) is 3.82. The van der Waals surface area contributed by atoms with E-state index >= 15 is 0 Å². The van der Waals surface area contributed by atoms with Gasteiger partial charge in [-0.15, -0.1) is 0 Å². The molecule has 4 nitrogen and oxygen atoms in total. The highest BCUT2D eigenvalue weighted by Gasteiger charge is 2.46. The van der Waals surface area contributed by atoms with Crippen molar-refractivity contribution in [2.24, 2.45) is 5.92 Å². The Kier molecular flexibility index (Phi) is 2.89. The van der Waals surface area contributed by atoms with Crippen molar-refractivity contribution in [2.75, 3.05) is 0 Å². The quantitative estimate of drug-likeness (QED) is 0.635. The summed E-state index contributed by atoms with van der Waals surface area (Å²) in [6, 6.07) is 3.39. The first-order valence-corrected chi connectivity index (χ1v) is 6.88. The summed E-state index contributed by atoms with van der Waals surface area (Å²) in [5.74, 6) is 0.242. The Hall–Kier alpha value is -2.10. The van der Waals surface area contributed by atoms with E-state index < -0.39 is 5.54 Å². The lowest BCUT2D eigenvalue weighted by Crippen LogP contribution is -2.51. The van der Waals surface area contributed by atoms with Crippen LogP contribution in [0.25, 0.3) is 0 Å². The van der Waals surface area contributed by atoms with Crippen molar-refractivity contribution in [2.45, 2.75) is 32.2 Å². The van der Waals surface area contributed by atoms with E-state index in [1.54, 1.807) is 0 Å². The number of nitrogens with one attached hydrogen (secondary N) is 2. The Labute approximate surface area is 117 Å². The van der Waals surface area contributed by atoms with Crippen molar-refractivity contribution < 1.29 is 4.79 Å². The fourth-order valence-electron chi connectivity index (χ4n) is 3.82. The Morgan fingerprint density at radius 2 is 2.25 bits per heavy atom. The van der Waals surface area contributed by atoms with Gasteiger partial charge in [-0.2, -0.15) is 0 Å². The van der Waals surface area contributed by atoms with Gasteiger partial charge in [0.25, 0.3) is 0 Å². The second kappa shape index (κ2) is 4.47. The summed E-state index contributed by atoms with van der Waals surface area (Å²) in [5.41, 5.74) is 3.85. The number of H-pyrrole nitrogens is 1. The largest absolute Gasteiger partial charge is 0.345 e. The zero-order valence-electron chi connectivity index (χ0n) is 11.7. The van der Waals surface area contributed by atoms with E-state index in [1.165, 1.54) is 17.2 Å². The Morgan fingerprint density at radius 3 is 2.95 bits per heavy atom. The van der Waals surface area contributed by atoms with Crippen LogP contribution >= 0.6 is 0 Å². The molecule has 1 amide bonds. The fraction of sp³-hybridized carbons (Fsp3) is 0.375. The molecule has 0 saturated heterocycles. The van der Waals surface area contributed by atoms with Gasteiger partial charge in [-0.3, -0.25) is 9.59 Å². The number of fused-ring (bicyclic) bond motifs is 4. The average Bonchev–Trinajstić information content (AvgIpc) is 2.37. The molecular formula is C16H18N2O2. The Balaban J connectivity index is 2.30. The molecule has 0 fully saturated rings. The van der Waals surface area contributed by atoms with Crippen LogP contribution in [0.3, 0.4) is 0 Å². The van der Waals surface area contributed by atoms with Crippen LogP contribution < -0.4 is 10.9 Å². The molecule has 20 heavy (non-hydrogen) atoms. The third kappa shape index (κ3) is 1.68. The van der Waals surface area contributed by atoms with Crippen LogP contribution in [-0.4, -0.2) is 11.4 Å². The van der Waals surface area contributed by atoms with E-state index in [0.717, 1.165) is 30.5 Å². The Morgan fingerprint density at radius 1 is 1.45 bits per heavy atom. The smallest absolute Gasteiger partial charge is 0.248 e. The van der Waals surface area contributed by atoms with Gasteiger partial charge in [0.1, 0.15) is 0 Å². The van der Waals surface area contributed by atoms with Crippen molar-refractivity contribution in [1.82, 2.24) is 10.3 Å². The second-order valence-electron chi connectivity index (χ2n) is 5.63. The van der Waals surface area contributed by atoms with E-state index in [-0.39, 0.29) is 11.5 Å². The molecule has 1 heterocycles. The van der Waals surface area contributed by atoms with E-state index in [1.807, 2.05) is 13.0 Å². The van der Waals surface area contributed by atoms with Gasteiger partial charge in [-0.05, 0) is 38.3 Å². The highest BCUT2D eigenvalue weighted by Crippen LogP contribution is 2.48. The number of aromatic nitrogens is 1. The molecule has 0 saturated carbocycles. The summed E-state index contributed by atoms with van der Waals surface area (Å²) >= 11 is 0. The van der Waals surface area contributed by atoms with Crippen molar-refractivity contribution in [3.8, 4) is 0 Å². The highest BCUT2D eigenvalue weighted by molar-refractivity contribution is 5.58. The summed E-state index contributed by atoms with van der Waals surface area (Å²) in [6.45, 7) is 4.10. The molecule has 0 aliphatic heterocycles. The van der Waals surface area contributed by atoms with Crippen LogP contribution in [0.5, 0.6) is 0 Å². The SMILES string of the molecule is C/C=C1\[C@H]2C=C(C)C[C@]1(NC=O)c1ccc(=O)[nH]c1C2. The predicted octanol–water partition coefficient (Wildman–Crippen LogP) is 1.78. The van der Waals surface area contributed by atoms with Crippen molar-refractivity contribution in [3.63, 3.8) is 0 Å². The topological polar surface area (TPSA) is 62.0 Å². The highest BCUT2D eigenvalue weighted by atomic mass is 16.1. The van der Waals surface area contributed by atoms with Crippen LogP contribution in [0.15, 0.2) is 40.2 Å².